The van der Waals surface area contributed by atoms with E-state index in [1.54, 1.807) is 0 Å². The van der Waals surface area contributed by atoms with E-state index in [4.69, 9.17) is 4.42 Å². The Labute approximate surface area is 365 Å². The molecule has 0 bridgehead atoms. The third-order valence-corrected chi connectivity index (χ3v) is 12.1. The highest BCUT2D eigenvalue weighted by Gasteiger charge is 2.19. The number of fused-ring (bicyclic) bond motifs is 7. The molecule has 0 unspecified atom stereocenters. The minimum Gasteiger partial charge on any atom is -0.455 e. The van der Waals surface area contributed by atoms with Gasteiger partial charge in [-0.15, -0.1) is 0 Å². The molecule has 0 amide bonds. The molecule has 0 fully saturated rings. The molecule has 2 heteroatoms. The summed E-state index contributed by atoms with van der Waals surface area (Å²) in [6, 6.07) is 71.3. The Morgan fingerprint density at radius 3 is 1.76 bits per heavy atom. The first kappa shape index (κ1) is 31.7. The molecule has 0 aliphatic rings. The minimum atomic E-state index is -0.144. The van der Waals surface area contributed by atoms with Gasteiger partial charge in [0, 0.05) is 33.1 Å². The van der Waals surface area contributed by atoms with Crippen molar-refractivity contribution in [3.8, 4) is 44.5 Å². The summed E-state index contributed by atoms with van der Waals surface area (Å²) in [5, 5.41) is 8.75. The monoisotopic (exact) mass is 793 g/mol. The van der Waals surface area contributed by atoms with Crippen molar-refractivity contribution < 1.29 is 9.90 Å². The zero-order valence-corrected chi connectivity index (χ0v) is 33.6. The molecule has 12 aromatic rings. The van der Waals surface area contributed by atoms with Gasteiger partial charge in [-0.3, -0.25) is 0 Å². The van der Waals surface area contributed by atoms with E-state index in [9.17, 15) is 5.48 Å². The summed E-state index contributed by atoms with van der Waals surface area (Å²) < 4.78 is 45.5. The number of rotatable bonds is 7. The maximum Gasteiger partial charge on any atom is 0.143 e. The van der Waals surface area contributed by atoms with Crippen LogP contribution in [0.5, 0.6) is 0 Å². The lowest BCUT2D eigenvalue weighted by Crippen LogP contribution is -2.11. The Kier molecular flexibility index (Phi) is 7.57. The Morgan fingerprint density at radius 2 is 0.903 bits per heavy atom. The van der Waals surface area contributed by atoms with Crippen LogP contribution in [0.1, 0.15) is 5.48 Å². The second-order valence-electron chi connectivity index (χ2n) is 15.8. The third kappa shape index (κ3) is 6.20. The van der Waals surface area contributed by atoms with Crippen molar-refractivity contribution in [1.29, 1.82) is 0 Å². The van der Waals surface area contributed by atoms with E-state index in [0.29, 0.717) is 16.9 Å². The van der Waals surface area contributed by atoms with Crippen LogP contribution in [0.2, 0.25) is 0 Å². The SMILES string of the molecule is [2H]c1c([2H])c(N(c2ccc(-c3ccc4ccccc4c3)cc2)c2ccccc2-c2ccc3c(c2)oc2c4ccccc4ccc32)c([2H])c([2H])c1-c1cccc(-c2cccc3ccccc23)c1. The number of benzene rings is 11. The highest BCUT2D eigenvalue weighted by atomic mass is 16.3. The van der Waals surface area contributed by atoms with E-state index in [0.717, 1.165) is 82.3 Å². The summed E-state index contributed by atoms with van der Waals surface area (Å²) in [5.41, 5.74) is 9.77. The Morgan fingerprint density at radius 1 is 0.323 bits per heavy atom. The standard InChI is InChI=1S/C60H39NO/c1-2-14-45-37-47(24-23-40(45)11-1)42-27-33-51(34-28-42)61(50-31-25-41(26-32-50)46-16-9-17-48(38-46)53-21-10-15-43-12-3-5-18-52(43)53)58-22-8-7-19-54(58)49-30-35-56-57-36-29-44-13-4-6-20-55(44)60(57)62-59(56)39-49/h1-39H/i25D,26D,31D,32D. The molecule has 0 saturated heterocycles. The van der Waals surface area contributed by atoms with Gasteiger partial charge in [0.15, 0.2) is 0 Å². The predicted molar refractivity (Wildman–Crippen MR) is 263 cm³/mol. The Hall–Kier alpha value is -8.20. The highest BCUT2D eigenvalue weighted by Crippen LogP contribution is 2.44. The van der Waals surface area contributed by atoms with E-state index in [2.05, 4.69) is 109 Å². The molecule has 290 valence electrons. The summed E-state index contributed by atoms with van der Waals surface area (Å²) >= 11 is 0. The number of hydrogen-bond acceptors (Lipinski definition) is 2. The maximum atomic E-state index is 9.79. The molecule has 1 heterocycles. The van der Waals surface area contributed by atoms with Crippen molar-refractivity contribution in [1.82, 2.24) is 0 Å². The lowest BCUT2D eigenvalue weighted by molar-refractivity contribution is 0.673. The van der Waals surface area contributed by atoms with Crippen LogP contribution in [0.25, 0.3) is 98.8 Å². The lowest BCUT2D eigenvalue weighted by atomic mass is 9.95. The van der Waals surface area contributed by atoms with Crippen LogP contribution in [0.15, 0.2) is 241 Å². The zero-order valence-electron chi connectivity index (χ0n) is 37.6. The van der Waals surface area contributed by atoms with Gasteiger partial charge in [0.1, 0.15) is 11.2 Å². The van der Waals surface area contributed by atoms with E-state index >= 15 is 0 Å². The van der Waals surface area contributed by atoms with Gasteiger partial charge in [-0.2, -0.15) is 0 Å². The average molecular weight is 794 g/mol. The fraction of sp³-hybridized carbons (Fsp3) is 0. The molecule has 62 heavy (non-hydrogen) atoms. The van der Waals surface area contributed by atoms with E-state index in [-0.39, 0.29) is 35.4 Å². The molecule has 0 aliphatic carbocycles. The van der Waals surface area contributed by atoms with Gasteiger partial charge in [-0.25, -0.2) is 0 Å². The maximum absolute atomic E-state index is 9.79. The number of para-hydroxylation sites is 1. The molecular weight excluding hydrogens is 751 g/mol. The minimum absolute atomic E-state index is 0.118. The second kappa shape index (κ2) is 14.8. The number of anilines is 3. The van der Waals surface area contributed by atoms with Crippen molar-refractivity contribution in [2.45, 2.75) is 0 Å². The van der Waals surface area contributed by atoms with Crippen molar-refractivity contribution in [3.63, 3.8) is 0 Å². The Balaban J connectivity index is 1.03. The molecule has 1 aromatic heterocycles. The average Bonchev–Trinajstić information content (AvgIpc) is 3.76. The first-order chi connectivity index (χ1) is 32.4. The Bertz CT molecular complexity index is 3860. The third-order valence-electron chi connectivity index (χ3n) is 12.1. The molecule has 0 aliphatic heterocycles. The van der Waals surface area contributed by atoms with Crippen LogP contribution in [-0.2, 0) is 0 Å². The molecule has 12 rings (SSSR count). The number of nitrogens with zero attached hydrogens (tertiary/aromatic N) is 1. The lowest BCUT2D eigenvalue weighted by Gasteiger charge is -2.28. The van der Waals surface area contributed by atoms with Crippen LogP contribution in [-0.4, -0.2) is 0 Å². The van der Waals surface area contributed by atoms with Crippen LogP contribution in [0.3, 0.4) is 0 Å². The summed E-state index contributed by atoms with van der Waals surface area (Å²) in [6.07, 6.45) is 0. The number of furan rings is 1. The molecule has 0 atom stereocenters. The van der Waals surface area contributed by atoms with Crippen molar-refractivity contribution in [2.24, 2.45) is 0 Å². The van der Waals surface area contributed by atoms with Crippen LogP contribution >= 0.6 is 0 Å². The molecule has 0 radical (unpaired) electrons. The molecule has 0 spiro atoms. The van der Waals surface area contributed by atoms with Gasteiger partial charge in [0.2, 0.25) is 0 Å². The van der Waals surface area contributed by atoms with E-state index in [1.807, 2.05) is 108 Å². The first-order valence-electron chi connectivity index (χ1n) is 22.9. The van der Waals surface area contributed by atoms with Gasteiger partial charge < -0.3 is 9.32 Å². The van der Waals surface area contributed by atoms with E-state index in [1.165, 1.54) is 5.39 Å². The normalized spacial score (nSPS) is 12.5. The topological polar surface area (TPSA) is 16.4 Å². The largest absolute Gasteiger partial charge is 0.455 e. The van der Waals surface area contributed by atoms with Crippen LogP contribution in [0, 0.1) is 0 Å². The van der Waals surface area contributed by atoms with Gasteiger partial charge in [-0.05, 0) is 126 Å². The van der Waals surface area contributed by atoms with Crippen molar-refractivity contribution >= 4 is 71.3 Å². The van der Waals surface area contributed by atoms with Crippen molar-refractivity contribution in [2.75, 3.05) is 4.90 Å². The molecule has 0 N–H and O–H groups in total. The fourth-order valence-electron chi connectivity index (χ4n) is 9.03. The van der Waals surface area contributed by atoms with Gasteiger partial charge in [-0.1, -0.05) is 176 Å². The van der Waals surface area contributed by atoms with E-state index < -0.39 is 0 Å². The second-order valence-corrected chi connectivity index (χ2v) is 15.8. The zero-order chi connectivity index (χ0) is 44.5. The molecular formula is C60H39NO. The molecule has 11 aromatic carbocycles. The quantitative estimate of drug-likeness (QED) is 0.160. The van der Waals surface area contributed by atoms with Gasteiger partial charge in [0.25, 0.3) is 0 Å². The first-order valence-corrected chi connectivity index (χ1v) is 20.9. The van der Waals surface area contributed by atoms with Crippen molar-refractivity contribution in [3.05, 3.63) is 236 Å². The van der Waals surface area contributed by atoms with Crippen LogP contribution < -0.4 is 4.90 Å². The summed E-state index contributed by atoms with van der Waals surface area (Å²) in [7, 11) is 0. The smallest absolute Gasteiger partial charge is 0.143 e. The molecule has 2 nitrogen and oxygen atoms in total. The van der Waals surface area contributed by atoms with Gasteiger partial charge in [0.05, 0.1) is 11.2 Å². The predicted octanol–water partition coefficient (Wildman–Crippen LogP) is 17.2. The summed E-state index contributed by atoms with van der Waals surface area (Å²) in [6.45, 7) is 0. The number of hydrogen-bond donors (Lipinski definition) is 0. The summed E-state index contributed by atoms with van der Waals surface area (Å²) in [4.78, 5) is 1.88. The highest BCUT2D eigenvalue weighted by molar-refractivity contribution is 6.15. The van der Waals surface area contributed by atoms with Gasteiger partial charge >= 0.3 is 0 Å². The fourth-order valence-corrected chi connectivity index (χ4v) is 9.03. The van der Waals surface area contributed by atoms with Crippen LogP contribution in [0.4, 0.5) is 17.1 Å². The molecule has 0 saturated carbocycles. The summed E-state index contributed by atoms with van der Waals surface area (Å²) in [5.74, 6) is 0.